The van der Waals surface area contributed by atoms with Crippen LogP contribution in [0.25, 0.3) is 11.0 Å². The van der Waals surface area contributed by atoms with Crippen molar-refractivity contribution in [3.63, 3.8) is 0 Å². The Balaban J connectivity index is 1.44. The summed E-state index contributed by atoms with van der Waals surface area (Å²) < 4.78 is 6.84. The largest absolute Gasteiger partial charge is 0.465 e. The summed E-state index contributed by atoms with van der Waals surface area (Å²) in [6, 6.07) is 7.81. The lowest BCUT2D eigenvalue weighted by atomic mass is 9.84. The number of nitrogens with zero attached hydrogens (tertiary/aromatic N) is 4. The van der Waals surface area contributed by atoms with Gasteiger partial charge in [-0.1, -0.05) is 26.8 Å². The normalized spacial score (nSPS) is 15.5. The standard InChI is InChI=1S/C27H31N5O3/c1-5-35-23(34)14-32-15-29-25-19(27(2,3)4)10-18(11-21(25)32)22(33)13-31-12-17-8-9-20(16-6-7-16)30-24(17)26(31)28/h8-11,15-16,28H,5-7,12-14H2,1-4H3. The Hall–Kier alpha value is -3.55. The molecule has 1 aliphatic heterocycles. The van der Waals surface area contributed by atoms with Gasteiger partial charge in [0.2, 0.25) is 0 Å². The van der Waals surface area contributed by atoms with Crippen LogP contribution in [-0.4, -0.2) is 50.2 Å². The number of hydrogen-bond donors (Lipinski definition) is 1. The minimum atomic E-state index is -0.345. The van der Waals surface area contributed by atoms with E-state index in [4.69, 9.17) is 15.1 Å². The Bertz CT molecular complexity index is 1350. The smallest absolute Gasteiger partial charge is 0.325 e. The van der Waals surface area contributed by atoms with E-state index in [1.165, 1.54) is 0 Å². The summed E-state index contributed by atoms with van der Waals surface area (Å²) >= 11 is 0. The molecule has 0 amide bonds. The van der Waals surface area contributed by atoms with Gasteiger partial charge in [0.1, 0.15) is 18.1 Å². The number of fused-ring (bicyclic) bond motifs is 2. The van der Waals surface area contributed by atoms with Crippen molar-refractivity contribution in [2.75, 3.05) is 13.2 Å². The quantitative estimate of drug-likeness (QED) is 0.408. The third-order valence-electron chi connectivity index (χ3n) is 6.69. The van der Waals surface area contributed by atoms with Crippen molar-refractivity contribution >= 4 is 28.6 Å². The first-order valence-corrected chi connectivity index (χ1v) is 12.2. The molecule has 1 N–H and O–H groups in total. The van der Waals surface area contributed by atoms with E-state index in [-0.39, 0.29) is 30.3 Å². The zero-order valence-corrected chi connectivity index (χ0v) is 20.7. The van der Waals surface area contributed by atoms with E-state index in [9.17, 15) is 9.59 Å². The van der Waals surface area contributed by atoms with Gasteiger partial charge in [-0.05, 0) is 48.9 Å². The van der Waals surface area contributed by atoms with Gasteiger partial charge >= 0.3 is 5.97 Å². The first-order chi connectivity index (χ1) is 16.7. The van der Waals surface area contributed by atoms with E-state index < -0.39 is 0 Å². The predicted molar refractivity (Wildman–Crippen MR) is 133 cm³/mol. The minimum absolute atomic E-state index is 0.0344. The van der Waals surface area contributed by atoms with Crippen LogP contribution in [0.2, 0.25) is 0 Å². The van der Waals surface area contributed by atoms with Crippen LogP contribution in [0.5, 0.6) is 0 Å². The summed E-state index contributed by atoms with van der Waals surface area (Å²) in [6.07, 6.45) is 3.94. The second-order valence-electron chi connectivity index (χ2n) is 10.5. The Morgan fingerprint density at radius 3 is 2.63 bits per heavy atom. The number of Topliss-reactive ketones (excluding diaryl/α,β-unsaturated/α-hetero) is 1. The van der Waals surface area contributed by atoms with Gasteiger partial charge in [0.05, 0.1) is 30.5 Å². The third kappa shape index (κ3) is 4.45. The molecule has 5 rings (SSSR count). The molecule has 0 spiro atoms. The number of ketones is 1. The third-order valence-corrected chi connectivity index (χ3v) is 6.69. The number of pyridine rings is 1. The van der Waals surface area contributed by atoms with E-state index >= 15 is 0 Å². The molecule has 0 bridgehead atoms. The number of esters is 1. The van der Waals surface area contributed by atoms with E-state index in [1.807, 2.05) is 12.1 Å². The molecule has 1 aromatic carbocycles. The number of rotatable bonds is 7. The monoisotopic (exact) mass is 473 g/mol. The van der Waals surface area contributed by atoms with Crippen LogP contribution in [0.15, 0.2) is 30.6 Å². The van der Waals surface area contributed by atoms with Crippen molar-refractivity contribution in [1.82, 2.24) is 19.4 Å². The number of nitrogens with one attached hydrogen (secondary N) is 1. The Morgan fingerprint density at radius 1 is 1.17 bits per heavy atom. The van der Waals surface area contributed by atoms with Crippen LogP contribution in [0.4, 0.5) is 0 Å². The number of carbonyl (C=O) groups is 2. The van der Waals surface area contributed by atoms with Crippen molar-refractivity contribution in [3.05, 3.63) is 58.7 Å². The van der Waals surface area contributed by atoms with Gasteiger partial charge in [0.25, 0.3) is 0 Å². The van der Waals surface area contributed by atoms with Crippen LogP contribution in [0, 0.1) is 5.41 Å². The summed E-state index contributed by atoms with van der Waals surface area (Å²) in [5.41, 5.74) is 5.47. The molecular formula is C27H31N5O3. The average molecular weight is 474 g/mol. The summed E-state index contributed by atoms with van der Waals surface area (Å²) in [5.74, 6) is 0.398. The van der Waals surface area contributed by atoms with Gasteiger partial charge in [0.15, 0.2) is 5.78 Å². The molecule has 182 valence electrons. The van der Waals surface area contributed by atoms with Gasteiger partial charge in [-0.25, -0.2) is 9.97 Å². The van der Waals surface area contributed by atoms with E-state index in [0.29, 0.717) is 36.2 Å². The molecule has 0 unspecified atom stereocenters. The van der Waals surface area contributed by atoms with E-state index in [0.717, 1.165) is 40.7 Å². The molecule has 0 saturated heterocycles. The van der Waals surface area contributed by atoms with Gasteiger partial charge in [-0.3, -0.25) is 15.0 Å². The van der Waals surface area contributed by atoms with Crippen LogP contribution in [0.3, 0.4) is 0 Å². The maximum Gasteiger partial charge on any atom is 0.325 e. The molecule has 8 nitrogen and oxygen atoms in total. The minimum Gasteiger partial charge on any atom is -0.465 e. The number of benzene rings is 1. The highest BCUT2D eigenvalue weighted by Gasteiger charge is 2.32. The zero-order chi connectivity index (χ0) is 24.9. The number of amidine groups is 1. The molecule has 1 saturated carbocycles. The lowest BCUT2D eigenvalue weighted by Crippen LogP contribution is -2.30. The molecule has 1 aliphatic carbocycles. The number of ether oxygens (including phenoxy) is 1. The van der Waals surface area contributed by atoms with Gasteiger partial charge in [0, 0.05) is 29.3 Å². The SMILES string of the molecule is CCOC(=O)Cn1cnc2c(C(C)(C)C)cc(C(=O)CN3Cc4ccc(C5CC5)nc4C3=N)cc21. The van der Waals surface area contributed by atoms with Gasteiger partial charge in [-0.15, -0.1) is 0 Å². The second kappa shape index (κ2) is 8.59. The molecule has 35 heavy (non-hydrogen) atoms. The molecule has 8 heteroatoms. The molecule has 2 aromatic heterocycles. The lowest BCUT2D eigenvalue weighted by Gasteiger charge is -2.22. The Kier molecular flexibility index (Phi) is 5.69. The second-order valence-corrected chi connectivity index (χ2v) is 10.5. The van der Waals surface area contributed by atoms with E-state index in [2.05, 4.69) is 31.8 Å². The van der Waals surface area contributed by atoms with Crippen LogP contribution >= 0.6 is 0 Å². The van der Waals surface area contributed by atoms with Gasteiger partial charge < -0.3 is 14.2 Å². The van der Waals surface area contributed by atoms with Crippen molar-refractivity contribution < 1.29 is 14.3 Å². The highest BCUT2D eigenvalue weighted by atomic mass is 16.5. The average Bonchev–Trinajstić information content (AvgIpc) is 3.52. The first kappa shape index (κ1) is 23.2. The summed E-state index contributed by atoms with van der Waals surface area (Å²) in [4.78, 5) is 36.7. The van der Waals surface area contributed by atoms with Crippen molar-refractivity contribution in [3.8, 4) is 0 Å². The summed E-state index contributed by atoms with van der Waals surface area (Å²) in [6.45, 7) is 8.95. The number of carbonyl (C=O) groups excluding carboxylic acids is 2. The highest BCUT2D eigenvalue weighted by molar-refractivity contribution is 6.05. The van der Waals surface area contributed by atoms with Crippen LogP contribution in [-0.2, 0) is 28.0 Å². The molecule has 2 aliphatic rings. The highest BCUT2D eigenvalue weighted by Crippen LogP contribution is 2.40. The lowest BCUT2D eigenvalue weighted by molar-refractivity contribution is -0.143. The zero-order valence-electron chi connectivity index (χ0n) is 20.7. The number of hydrogen-bond acceptors (Lipinski definition) is 6. The van der Waals surface area contributed by atoms with Crippen LogP contribution in [0.1, 0.15) is 79.3 Å². The first-order valence-electron chi connectivity index (χ1n) is 12.2. The Labute approximate surface area is 204 Å². The van der Waals surface area contributed by atoms with Crippen molar-refractivity contribution in [2.24, 2.45) is 0 Å². The molecule has 3 heterocycles. The molecule has 1 fully saturated rings. The fraction of sp³-hybridized carbons (Fsp3) is 0.444. The summed E-state index contributed by atoms with van der Waals surface area (Å²) in [7, 11) is 0. The molecule has 0 radical (unpaired) electrons. The van der Waals surface area contributed by atoms with Crippen molar-refractivity contribution in [1.29, 1.82) is 5.41 Å². The number of imidazole rings is 1. The maximum absolute atomic E-state index is 13.5. The fourth-order valence-corrected chi connectivity index (χ4v) is 4.64. The predicted octanol–water partition coefficient (Wildman–Crippen LogP) is 4.19. The van der Waals surface area contributed by atoms with Crippen LogP contribution < -0.4 is 0 Å². The fourth-order valence-electron chi connectivity index (χ4n) is 4.64. The Morgan fingerprint density at radius 2 is 1.94 bits per heavy atom. The van der Waals surface area contributed by atoms with E-state index in [1.54, 1.807) is 28.8 Å². The molecular weight excluding hydrogens is 442 g/mol. The number of aromatic nitrogens is 3. The molecule has 3 aromatic rings. The summed E-state index contributed by atoms with van der Waals surface area (Å²) in [5, 5.41) is 8.65. The maximum atomic E-state index is 13.5. The van der Waals surface area contributed by atoms with Gasteiger partial charge in [-0.2, -0.15) is 0 Å². The topological polar surface area (TPSA) is 101 Å². The van der Waals surface area contributed by atoms with Crippen molar-refractivity contribution in [2.45, 2.75) is 65.0 Å². The molecule has 0 atom stereocenters.